The summed E-state index contributed by atoms with van der Waals surface area (Å²) in [6.45, 7) is 1.58. The third-order valence-corrected chi connectivity index (χ3v) is 6.23. The molecule has 0 amide bonds. The van der Waals surface area contributed by atoms with Gasteiger partial charge in [-0.05, 0) is 55.0 Å². The number of aromatic nitrogens is 1. The third-order valence-electron chi connectivity index (χ3n) is 3.92. The molecule has 0 saturated heterocycles. The van der Waals surface area contributed by atoms with Crippen LogP contribution in [0.2, 0.25) is 10.0 Å². The van der Waals surface area contributed by atoms with Crippen LogP contribution in [0, 0.1) is 6.92 Å². The molecule has 5 nitrogen and oxygen atoms in total. The van der Waals surface area contributed by atoms with E-state index < -0.39 is 16.0 Å². The van der Waals surface area contributed by atoms with E-state index in [1.165, 1.54) is 24.3 Å². The van der Waals surface area contributed by atoms with Gasteiger partial charge in [-0.3, -0.25) is 4.79 Å². The van der Waals surface area contributed by atoms with E-state index in [4.69, 9.17) is 23.2 Å². The molecule has 3 rings (SSSR count). The van der Waals surface area contributed by atoms with Gasteiger partial charge in [0.15, 0.2) is 0 Å². The first-order valence-electron chi connectivity index (χ1n) is 7.24. The SMILES string of the molecule is Cc1c(CC(=O)O)c2cc(Cl)ccc2n1S(=O)(=O)c1ccc(Cl)cc1. The van der Waals surface area contributed by atoms with Crippen molar-refractivity contribution >= 4 is 50.1 Å². The van der Waals surface area contributed by atoms with Gasteiger partial charge in [0.1, 0.15) is 0 Å². The van der Waals surface area contributed by atoms with E-state index in [9.17, 15) is 18.3 Å². The highest BCUT2D eigenvalue weighted by molar-refractivity contribution is 7.90. The number of aliphatic carboxylic acids is 1. The lowest BCUT2D eigenvalue weighted by Gasteiger charge is -2.10. The van der Waals surface area contributed by atoms with Crippen LogP contribution in [0.1, 0.15) is 11.3 Å². The van der Waals surface area contributed by atoms with Gasteiger partial charge in [-0.1, -0.05) is 23.2 Å². The maximum absolute atomic E-state index is 13.1. The fraction of sp³-hybridized carbons (Fsp3) is 0.118. The Hall–Kier alpha value is -2.02. The van der Waals surface area contributed by atoms with Gasteiger partial charge < -0.3 is 5.11 Å². The topological polar surface area (TPSA) is 76.4 Å². The molecule has 0 saturated carbocycles. The van der Waals surface area contributed by atoms with Gasteiger partial charge in [0.25, 0.3) is 10.0 Å². The number of carbonyl (C=O) groups is 1. The van der Waals surface area contributed by atoms with Gasteiger partial charge in [-0.25, -0.2) is 12.4 Å². The van der Waals surface area contributed by atoms with Crippen LogP contribution in [0.4, 0.5) is 0 Å². The van der Waals surface area contributed by atoms with Crippen LogP contribution in [0.15, 0.2) is 47.4 Å². The zero-order valence-electron chi connectivity index (χ0n) is 13.0. The maximum Gasteiger partial charge on any atom is 0.307 e. The largest absolute Gasteiger partial charge is 0.481 e. The number of rotatable bonds is 4. The molecule has 0 bridgehead atoms. The van der Waals surface area contributed by atoms with E-state index in [0.717, 1.165) is 3.97 Å². The fourth-order valence-electron chi connectivity index (χ4n) is 2.82. The standard InChI is InChI=1S/C17H13Cl2NO4S/c1-10-14(9-17(21)22)15-8-12(19)4-7-16(15)20(10)25(23,24)13-5-2-11(18)3-6-13/h2-8H,9H2,1H3,(H,21,22). The lowest BCUT2D eigenvalue weighted by Crippen LogP contribution is -2.15. The van der Waals surface area contributed by atoms with Crippen molar-refractivity contribution in [3.05, 3.63) is 63.8 Å². The van der Waals surface area contributed by atoms with Crippen LogP contribution < -0.4 is 0 Å². The Bertz CT molecular complexity index is 1090. The van der Waals surface area contributed by atoms with Crippen LogP contribution >= 0.6 is 23.2 Å². The minimum atomic E-state index is -3.92. The molecule has 0 aliphatic rings. The highest BCUT2D eigenvalue weighted by Gasteiger charge is 2.25. The molecule has 0 radical (unpaired) electrons. The summed E-state index contributed by atoms with van der Waals surface area (Å²) in [6.07, 6.45) is -0.300. The zero-order valence-corrected chi connectivity index (χ0v) is 15.4. The predicted octanol–water partition coefficient (Wildman–Crippen LogP) is 4.12. The van der Waals surface area contributed by atoms with Crippen molar-refractivity contribution in [3.63, 3.8) is 0 Å². The van der Waals surface area contributed by atoms with Crippen molar-refractivity contribution in [3.8, 4) is 0 Å². The summed E-state index contributed by atoms with van der Waals surface area (Å²) in [5.41, 5.74) is 1.14. The number of hydrogen-bond acceptors (Lipinski definition) is 3. The third kappa shape index (κ3) is 3.13. The molecule has 25 heavy (non-hydrogen) atoms. The Morgan fingerprint density at radius 1 is 1.08 bits per heavy atom. The van der Waals surface area contributed by atoms with Gasteiger partial charge in [-0.2, -0.15) is 0 Å². The predicted molar refractivity (Wildman–Crippen MR) is 97.1 cm³/mol. The summed E-state index contributed by atoms with van der Waals surface area (Å²) in [4.78, 5) is 11.3. The van der Waals surface area contributed by atoms with E-state index in [1.54, 1.807) is 25.1 Å². The second-order valence-corrected chi connectivity index (χ2v) is 8.18. The minimum absolute atomic E-state index is 0.0636. The second kappa shape index (κ2) is 6.37. The molecule has 2 aromatic carbocycles. The molecular formula is C17H13Cl2NO4S. The van der Waals surface area contributed by atoms with Crippen molar-refractivity contribution in [2.24, 2.45) is 0 Å². The van der Waals surface area contributed by atoms with Crippen molar-refractivity contribution in [1.29, 1.82) is 0 Å². The molecule has 1 heterocycles. The van der Waals surface area contributed by atoms with Gasteiger partial charge >= 0.3 is 5.97 Å². The molecule has 0 aliphatic carbocycles. The van der Waals surface area contributed by atoms with Crippen molar-refractivity contribution < 1.29 is 18.3 Å². The number of halogens is 2. The van der Waals surface area contributed by atoms with Gasteiger partial charge in [0.2, 0.25) is 0 Å². The Labute approximate surface area is 154 Å². The molecular weight excluding hydrogens is 385 g/mol. The Kier molecular flexibility index (Phi) is 4.53. The molecule has 0 unspecified atom stereocenters. The Morgan fingerprint density at radius 2 is 1.68 bits per heavy atom. The zero-order chi connectivity index (χ0) is 18.4. The number of hydrogen-bond donors (Lipinski definition) is 1. The monoisotopic (exact) mass is 397 g/mol. The van der Waals surface area contributed by atoms with Crippen LogP contribution in [0.25, 0.3) is 10.9 Å². The molecule has 8 heteroatoms. The first-order valence-corrected chi connectivity index (χ1v) is 9.44. The highest BCUT2D eigenvalue weighted by Crippen LogP contribution is 2.32. The summed E-state index contributed by atoms with van der Waals surface area (Å²) in [7, 11) is -3.92. The number of carboxylic acid groups (broad SMARTS) is 1. The number of carboxylic acids is 1. The smallest absolute Gasteiger partial charge is 0.307 e. The average Bonchev–Trinajstić information content (AvgIpc) is 2.80. The summed E-state index contributed by atoms with van der Waals surface area (Å²) in [5, 5.41) is 10.5. The second-order valence-electron chi connectivity index (χ2n) is 5.52. The highest BCUT2D eigenvalue weighted by atomic mass is 35.5. The first kappa shape index (κ1) is 17.8. The molecule has 0 atom stereocenters. The molecule has 0 spiro atoms. The summed E-state index contributed by atoms with van der Waals surface area (Å²) in [6, 6.07) is 10.5. The number of fused-ring (bicyclic) bond motifs is 1. The lowest BCUT2D eigenvalue weighted by atomic mass is 10.1. The van der Waals surface area contributed by atoms with Crippen LogP contribution in [0.3, 0.4) is 0 Å². The van der Waals surface area contributed by atoms with E-state index in [-0.39, 0.29) is 11.3 Å². The number of nitrogens with zero attached hydrogens (tertiary/aromatic N) is 1. The molecule has 130 valence electrons. The average molecular weight is 398 g/mol. The van der Waals surface area contributed by atoms with E-state index in [0.29, 0.717) is 32.2 Å². The van der Waals surface area contributed by atoms with Crippen LogP contribution in [-0.4, -0.2) is 23.5 Å². The van der Waals surface area contributed by atoms with Crippen molar-refractivity contribution in [1.82, 2.24) is 3.97 Å². The molecule has 1 N–H and O–H groups in total. The number of benzene rings is 2. The first-order chi connectivity index (χ1) is 11.7. The molecule has 0 aliphatic heterocycles. The summed E-state index contributed by atoms with van der Waals surface area (Å²) in [5.74, 6) is -1.05. The van der Waals surface area contributed by atoms with Gasteiger partial charge in [0, 0.05) is 21.1 Å². The Balaban J connectivity index is 2.34. The van der Waals surface area contributed by atoms with Crippen molar-refractivity contribution in [2.45, 2.75) is 18.2 Å². The summed E-state index contributed by atoms with van der Waals surface area (Å²) >= 11 is 11.8. The lowest BCUT2D eigenvalue weighted by molar-refractivity contribution is -0.136. The van der Waals surface area contributed by atoms with Gasteiger partial charge in [0.05, 0.1) is 16.8 Å². The Morgan fingerprint density at radius 3 is 2.28 bits per heavy atom. The van der Waals surface area contributed by atoms with Gasteiger partial charge in [-0.15, -0.1) is 0 Å². The molecule has 1 aromatic heterocycles. The minimum Gasteiger partial charge on any atom is -0.481 e. The molecule has 0 fully saturated rings. The summed E-state index contributed by atoms with van der Waals surface area (Å²) < 4.78 is 27.4. The van der Waals surface area contributed by atoms with Crippen LogP contribution in [-0.2, 0) is 21.2 Å². The van der Waals surface area contributed by atoms with Crippen molar-refractivity contribution in [2.75, 3.05) is 0 Å². The maximum atomic E-state index is 13.1. The quantitative estimate of drug-likeness (QED) is 0.717. The normalized spacial score (nSPS) is 11.8. The van der Waals surface area contributed by atoms with E-state index in [1.807, 2.05) is 0 Å². The molecule has 3 aromatic rings. The van der Waals surface area contributed by atoms with Crippen LogP contribution in [0.5, 0.6) is 0 Å². The fourth-order valence-corrected chi connectivity index (χ4v) is 4.70. The van der Waals surface area contributed by atoms with E-state index >= 15 is 0 Å². The van der Waals surface area contributed by atoms with E-state index in [2.05, 4.69) is 0 Å².